The largest absolute Gasteiger partial charge is 0.336 e. The second kappa shape index (κ2) is 7.33. The van der Waals surface area contributed by atoms with Gasteiger partial charge in [-0.15, -0.1) is 11.3 Å². The monoisotopic (exact) mass is 399 g/mol. The molecule has 0 atom stereocenters. The number of anilines is 1. The molecule has 1 aromatic carbocycles. The molecule has 134 valence electrons. The Labute approximate surface area is 156 Å². The van der Waals surface area contributed by atoms with Crippen LogP contribution >= 0.6 is 22.9 Å². The second-order valence-electron chi connectivity index (χ2n) is 5.84. The van der Waals surface area contributed by atoms with Gasteiger partial charge in [-0.2, -0.15) is 0 Å². The first kappa shape index (κ1) is 18.2. The van der Waals surface area contributed by atoms with E-state index in [-0.39, 0.29) is 10.1 Å². The highest BCUT2D eigenvalue weighted by Gasteiger charge is 2.21. The number of likely N-dealkylation sites (N-methyl/N-ethyl adjacent to an activating group) is 1. The molecule has 6 nitrogen and oxygen atoms in total. The van der Waals surface area contributed by atoms with Gasteiger partial charge in [-0.25, -0.2) is 8.42 Å². The molecule has 0 saturated carbocycles. The molecule has 1 aliphatic heterocycles. The SMILES string of the molecule is CN1CCN(C(=O)c2ccc(NS(=O)(=O)c3ccc(Cl)s3)cc2)CC1. The summed E-state index contributed by atoms with van der Waals surface area (Å²) in [5, 5.41) is 0. The average molecular weight is 400 g/mol. The standard InChI is InChI=1S/C16H18ClN3O3S2/c1-19-8-10-20(11-9-19)16(21)12-2-4-13(5-3-12)18-25(22,23)15-7-6-14(17)24-15/h2-7,18H,8-11H2,1H3. The summed E-state index contributed by atoms with van der Waals surface area (Å²) in [6.07, 6.45) is 0. The molecule has 1 N–H and O–H groups in total. The van der Waals surface area contributed by atoms with Crippen molar-refractivity contribution in [2.24, 2.45) is 0 Å². The van der Waals surface area contributed by atoms with Crippen LogP contribution in [0.15, 0.2) is 40.6 Å². The summed E-state index contributed by atoms with van der Waals surface area (Å²) in [5.74, 6) is -0.0347. The van der Waals surface area contributed by atoms with Crippen LogP contribution in [0.5, 0.6) is 0 Å². The van der Waals surface area contributed by atoms with Crippen LogP contribution in [0.1, 0.15) is 10.4 Å². The lowest BCUT2D eigenvalue weighted by Gasteiger charge is -2.32. The maximum atomic E-state index is 12.5. The molecule has 0 bridgehead atoms. The first-order chi connectivity index (χ1) is 11.8. The third kappa shape index (κ3) is 4.33. The maximum absolute atomic E-state index is 12.5. The number of nitrogens with zero attached hydrogens (tertiary/aromatic N) is 2. The minimum absolute atomic E-state index is 0.0347. The van der Waals surface area contributed by atoms with Gasteiger partial charge in [-0.1, -0.05) is 11.6 Å². The summed E-state index contributed by atoms with van der Waals surface area (Å²) in [4.78, 5) is 16.5. The molecule has 0 unspecified atom stereocenters. The molecule has 3 rings (SSSR count). The fraction of sp³-hybridized carbons (Fsp3) is 0.312. The second-order valence-corrected chi connectivity index (χ2v) is 9.46. The van der Waals surface area contributed by atoms with Crippen LogP contribution in [0.2, 0.25) is 4.34 Å². The Bertz CT molecular complexity index is 857. The molecule has 0 aliphatic carbocycles. The zero-order valence-electron chi connectivity index (χ0n) is 13.6. The third-order valence-corrected chi connectivity index (χ3v) is 7.09. The van der Waals surface area contributed by atoms with Gasteiger partial charge >= 0.3 is 0 Å². The Balaban J connectivity index is 1.69. The van der Waals surface area contributed by atoms with Crippen LogP contribution in [0, 0.1) is 0 Å². The van der Waals surface area contributed by atoms with E-state index in [2.05, 4.69) is 9.62 Å². The number of sulfonamides is 1. The highest BCUT2D eigenvalue weighted by atomic mass is 35.5. The van der Waals surface area contributed by atoms with Gasteiger partial charge in [0.2, 0.25) is 0 Å². The summed E-state index contributed by atoms with van der Waals surface area (Å²) in [5.41, 5.74) is 0.950. The van der Waals surface area contributed by atoms with Crippen LogP contribution in [-0.4, -0.2) is 57.4 Å². The molecule has 25 heavy (non-hydrogen) atoms. The fourth-order valence-corrected chi connectivity index (χ4v) is 5.06. The van der Waals surface area contributed by atoms with Crippen molar-refractivity contribution in [3.05, 3.63) is 46.3 Å². The van der Waals surface area contributed by atoms with Crippen molar-refractivity contribution in [1.82, 2.24) is 9.80 Å². The van der Waals surface area contributed by atoms with Gasteiger partial charge in [-0.05, 0) is 43.4 Å². The molecular formula is C16H18ClN3O3S2. The first-order valence-corrected chi connectivity index (χ1v) is 10.4. The van der Waals surface area contributed by atoms with Crippen LogP contribution in [-0.2, 0) is 10.0 Å². The lowest BCUT2D eigenvalue weighted by atomic mass is 10.1. The molecule has 0 spiro atoms. The average Bonchev–Trinajstić information content (AvgIpc) is 3.03. The molecule has 1 amide bonds. The van der Waals surface area contributed by atoms with E-state index in [1.165, 1.54) is 6.07 Å². The number of hydrogen-bond acceptors (Lipinski definition) is 5. The van der Waals surface area contributed by atoms with Gasteiger partial charge in [0.15, 0.2) is 0 Å². The number of nitrogens with one attached hydrogen (secondary N) is 1. The summed E-state index contributed by atoms with van der Waals surface area (Å²) >= 11 is 6.78. The molecule has 9 heteroatoms. The minimum Gasteiger partial charge on any atom is -0.336 e. The van der Waals surface area contributed by atoms with E-state index in [0.717, 1.165) is 24.4 Å². The molecule has 2 aromatic rings. The van der Waals surface area contributed by atoms with Gasteiger partial charge in [-0.3, -0.25) is 9.52 Å². The number of carbonyl (C=O) groups excluding carboxylic acids is 1. The van der Waals surface area contributed by atoms with E-state index in [1.807, 2.05) is 11.9 Å². The zero-order valence-corrected chi connectivity index (χ0v) is 16.0. The maximum Gasteiger partial charge on any atom is 0.271 e. The van der Waals surface area contributed by atoms with Gasteiger partial charge in [0.05, 0.1) is 4.34 Å². The molecule has 2 heterocycles. The quantitative estimate of drug-likeness (QED) is 0.857. The Kier molecular flexibility index (Phi) is 5.33. The van der Waals surface area contributed by atoms with Crippen LogP contribution < -0.4 is 4.72 Å². The fourth-order valence-electron chi connectivity index (χ4n) is 2.52. The van der Waals surface area contributed by atoms with Crippen molar-refractivity contribution in [2.45, 2.75) is 4.21 Å². The number of carbonyl (C=O) groups is 1. The van der Waals surface area contributed by atoms with Gasteiger partial charge < -0.3 is 9.80 Å². The van der Waals surface area contributed by atoms with Crippen LogP contribution in [0.25, 0.3) is 0 Å². The number of halogens is 1. The van der Waals surface area contributed by atoms with Gasteiger partial charge in [0.1, 0.15) is 4.21 Å². The van der Waals surface area contributed by atoms with Crippen molar-refractivity contribution in [3.8, 4) is 0 Å². The predicted octanol–water partition coefficient (Wildman–Crippen LogP) is 2.59. The first-order valence-electron chi connectivity index (χ1n) is 7.71. The topological polar surface area (TPSA) is 69.7 Å². The number of piperazine rings is 1. The van der Waals surface area contributed by atoms with Crippen molar-refractivity contribution >= 4 is 44.6 Å². The molecule has 0 radical (unpaired) electrons. The highest BCUT2D eigenvalue weighted by Crippen LogP contribution is 2.27. The number of hydrogen-bond donors (Lipinski definition) is 1. The Morgan fingerprint density at radius 3 is 2.28 bits per heavy atom. The zero-order chi connectivity index (χ0) is 18.0. The van der Waals surface area contributed by atoms with Crippen molar-refractivity contribution in [1.29, 1.82) is 0 Å². The smallest absolute Gasteiger partial charge is 0.271 e. The highest BCUT2D eigenvalue weighted by molar-refractivity contribution is 7.94. The van der Waals surface area contributed by atoms with Crippen LogP contribution in [0.3, 0.4) is 0 Å². The Morgan fingerprint density at radius 1 is 1.08 bits per heavy atom. The minimum atomic E-state index is -3.67. The predicted molar refractivity (Wildman–Crippen MR) is 100.0 cm³/mol. The van der Waals surface area contributed by atoms with Crippen molar-refractivity contribution < 1.29 is 13.2 Å². The molecule has 1 fully saturated rings. The number of rotatable bonds is 4. The summed E-state index contributed by atoms with van der Waals surface area (Å²) in [6, 6.07) is 9.46. The normalized spacial score (nSPS) is 16.0. The lowest BCUT2D eigenvalue weighted by Crippen LogP contribution is -2.47. The van der Waals surface area contributed by atoms with E-state index in [0.29, 0.717) is 28.7 Å². The molecular weight excluding hydrogens is 382 g/mol. The van der Waals surface area contributed by atoms with Gasteiger partial charge in [0, 0.05) is 37.4 Å². The summed E-state index contributed by atoms with van der Waals surface area (Å²) in [7, 11) is -1.64. The van der Waals surface area contributed by atoms with Gasteiger partial charge in [0.25, 0.3) is 15.9 Å². The van der Waals surface area contributed by atoms with E-state index < -0.39 is 10.0 Å². The molecule has 1 saturated heterocycles. The van der Waals surface area contributed by atoms with E-state index >= 15 is 0 Å². The van der Waals surface area contributed by atoms with Crippen LogP contribution in [0.4, 0.5) is 5.69 Å². The van der Waals surface area contributed by atoms with Crippen molar-refractivity contribution in [2.75, 3.05) is 37.9 Å². The third-order valence-electron chi connectivity index (χ3n) is 3.99. The van der Waals surface area contributed by atoms with E-state index in [4.69, 9.17) is 11.6 Å². The number of amides is 1. The van der Waals surface area contributed by atoms with E-state index in [9.17, 15) is 13.2 Å². The Morgan fingerprint density at radius 2 is 1.72 bits per heavy atom. The Hall–Kier alpha value is -1.61. The number of benzene rings is 1. The van der Waals surface area contributed by atoms with Crippen molar-refractivity contribution in [3.63, 3.8) is 0 Å². The molecule has 1 aromatic heterocycles. The summed E-state index contributed by atoms with van der Waals surface area (Å²) < 4.78 is 27.6. The summed E-state index contributed by atoms with van der Waals surface area (Å²) in [6.45, 7) is 3.10. The molecule has 1 aliphatic rings. The van der Waals surface area contributed by atoms with E-state index in [1.54, 1.807) is 30.3 Å². The lowest BCUT2D eigenvalue weighted by molar-refractivity contribution is 0.0664. The number of thiophene rings is 1.